The molecule has 3 aromatic heterocycles. The van der Waals surface area contributed by atoms with Gasteiger partial charge >= 0.3 is 0 Å². The third kappa shape index (κ3) is 3.02. The summed E-state index contributed by atoms with van der Waals surface area (Å²) < 4.78 is 14.9. The Balaban J connectivity index is 1.62. The topological polar surface area (TPSA) is 75.4 Å². The second-order valence-electron chi connectivity index (χ2n) is 6.08. The second kappa shape index (κ2) is 6.12. The van der Waals surface area contributed by atoms with Crippen molar-refractivity contribution in [3.8, 4) is 0 Å². The standard InChI is InChI=1S/C17H17FN6O/c1-11-2-3-13(8-19-11)21-17(25)14-9-20-15-4-5-16(22-24(14)15)23-7-6-12(18)10-23/h2-5,8-9,12H,6-7,10H2,1H3,(H,21,25)/t12-/m0/s1. The van der Waals surface area contributed by atoms with E-state index in [0.29, 0.717) is 42.4 Å². The molecule has 8 heteroatoms. The van der Waals surface area contributed by atoms with Crippen molar-refractivity contribution in [2.24, 2.45) is 0 Å². The molecule has 0 radical (unpaired) electrons. The number of carbonyl (C=O) groups excluding carboxylic acids is 1. The number of aromatic nitrogens is 4. The maximum atomic E-state index is 13.4. The van der Waals surface area contributed by atoms with Gasteiger partial charge in [0.15, 0.2) is 11.3 Å². The minimum absolute atomic E-state index is 0.313. The molecule has 1 amide bonds. The Morgan fingerprint density at radius 2 is 2.12 bits per heavy atom. The van der Waals surface area contributed by atoms with Gasteiger partial charge in [0.1, 0.15) is 12.0 Å². The van der Waals surface area contributed by atoms with Crippen LogP contribution in [0.5, 0.6) is 0 Å². The minimum Gasteiger partial charge on any atom is -0.352 e. The lowest BCUT2D eigenvalue weighted by atomic mass is 10.3. The van der Waals surface area contributed by atoms with E-state index < -0.39 is 6.17 Å². The monoisotopic (exact) mass is 340 g/mol. The Morgan fingerprint density at radius 3 is 2.84 bits per heavy atom. The number of rotatable bonds is 3. The number of pyridine rings is 1. The number of nitrogens with zero attached hydrogens (tertiary/aromatic N) is 5. The predicted octanol–water partition coefficient (Wildman–Crippen LogP) is 2.23. The summed E-state index contributed by atoms with van der Waals surface area (Å²) in [4.78, 5) is 22.8. The van der Waals surface area contributed by atoms with Crippen LogP contribution in [0.3, 0.4) is 0 Å². The highest BCUT2D eigenvalue weighted by Crippen LogP contribution is 2.20. The van der Waals surface area contributed by atoms with Crippen LogP contribution in [0.25, 0.3) is 5.65 Å². The first kappa shape index (κ1) is 15.5. The molecule has 128 valence electrons. The van der Waals surface area contributed by atoms with Crippen molar-refractivity contribution >= 4 is 23.1 Å². The SMILES string of the molecule is Cc1ccc(NC(=O)c2cnc3ccc(N4CC[C@H](F)C4)nn23)cn1. The lowest BCUT2D eigenvalue weighted by molar-refractivity contribution is 0.102. The molecule has 1 atom stereocenters. The Kier molecular flexibility index (Phi) is 3.79. The van der Waals surface area contributed by atoms with E-state index in [4.69, 9.17) is 0 Å². The number of hydrogen-bond acceptors (Lipinski definition) is 5. The van der Waals surface area contributed by atoms with Crippen molar-refractivity contribution < 1.29 is 9.18 Å². The number of nitrogens with one attached hydrogen (secondary N) is 1. The lowest BCUT2D eigenvalue weighted by Crippen LogP contribution is -2.22. The molecule has 0 spiro atoms. The first-order chi connectivity index (χ1) is 12.1. The fourth-order valence-corrected chi connectivity index (χ4v) is 2.85. The van der Waals surface area contributed by atoms with Crippen LogP contribution in [-0.4, -0.2) is 44.8 Å². The summed E-state index contributed by atoms with van der Waals surface area (Å²) in [5.41, 5.74) is 2.35. The van der Waals surface area contributed by atoms with Crippen LogP contribution in [0.2, 0.25) is 0 Å². The Labute approximate surface area is 143 Å². The van der Waals surface area contributed by atoms with Gasteiger partial charge in [0, 0.05) is 12.2 Å². The molecule has 1 N–H and O–H groups in total. The van der Waals surface area contributed by atoms with E-state index in [9.17, 15) is 9.18 Å². The van der Waals surface area contributed by atoms with Gasteiger partial charge in [0.2, 0.25) is 0 Å². The highest BCUT2D eigenvalue weighted by atomic mass is 19.1. The highest BCUT2D eigenvalue weighted by Gasteiger charge is 2.24. The van der Waals surface area contributed by atoms with Crippen molar-refractivity contribution in [1.82, 2.24) is 19.6 Å². The molecule has 0 unspecified atom stereocenters. The molecular weight excluding hydrogens is 323 g/mol. The quantitative estimate of drug-likeness (QED) is 0.791. The van der Waals surface area contributed by atoms with Gasteiger partial charge in [-0.15, -0.1) is 5.10 Å². The lowest BCUT2D eigenvalue weighted by Gasteiger charge is -2.16. The minimum atomic E-state index is -0.836. The summed E-state index contributed by atoms with van der Waals surface area (Å²) >= 11 is 0. The maximum Gasteiger partial charge on any atom is 0.276 e. The Morgan fingerprint density at radius 1 is 1.24 bits per heavy atom. The number of halogens is 1. The average Bonchev–Trinajstić information content (AvgIpc) is 3.22. The molecular formula is C17H17FN6O. The van der Waals surface area contributed by atoms with E-state index >= 15 is 0 Å². The summed E-state index contributed by atoms with van der Waals surface area (Å²) in [6, 6.07) is 7.18. The molecule has 4 rings (SSSR count). The molecule has 4 heterocycles. The van der Waals surface area contributed by atoms with Crippen molar-refractivity contribution in [1.29, 1.82) is 0 Å². The summed E-state index contributed by atoms with van der Waals surface area (Å²) in [6.45, 7) is 2.82. The van der Waals surface area contributed by atoms with Gasteiger partial charge in [-0.1, -0.05) is 0 Å². The van der Waals surface area contributed by atoms with Gasteiger partial charge in [0.25, 0.3) is 5.91 Å². The number of aryl methyl sites for hydroxylation is 1. The van der Waals surface area contributed by atoms with Crippen LogP contribution in [0, 0.1) is 6.92 Å². The number of amides is 1. The zero-order valence-corrected chi connectivity index (χ0v) is 13.7. The molecule has 1 fully saturated rings. The van der Waals surface area contributed by atoms with Crippen molar-refractivity contribution in [2.75, 3.05) is 23.3 Å². The van der Waals surface area contributed by atoms with Crippen molar-refractivity contribution in [3.63, 3.8) is 0 Å². The molecule has 0 aromatic carbocycles. The smallest absolute Gasteiger partial charge is 0.276 e. The normalized spacial score (nSPS) is 17.2. The summed E-state index contributed by atoms with van der Waals surface area (Å²) in [5.74, 6) is 0.310. The molecule has 7 nitrogen and oxygen atoms in total. The molecule has 1 aliphatic heterocycles. The van der Waals surface area contributed by atoms with E-state index in [1.54, 1.807) is 24.4 Å². The first-order valence-corrected chi connectivity index (χ1v) is 8.08. The molecule has 0 saturated carbocycles. The maximum absolute atomic E-state index is 13.4. The largest absolute Gasteiger partial charge is 0.352 e. The van der Waals surface area contributed by atoms with Crippen molar-refractivity contribution in [3.05, 3.63) is 48.0 Å². The number of anilines is 2. The van der Waals surface area contributed by atoms with Crippen molar-refractivity contribution in [2.45, 2.75) is 19.5 Å². The van der Waals surface area contributed by atoms with E-state index in [-0.39, 0.29) is 5.91 Å². The van der Waals surface area contributed by atoms with E-state index in [1.807, 2.05) is 17.9 Å². The van der Waals surface area contributed by atoms with Crippen LogP contribution in [0.1, 0.15) is 22.6 Å². The summed E-state index contributed by atoms with van der Waals surface area (Å²) in [7, 11) is 0. The molecule has 0 bridgehead atoms. The predicted molar refractivity (Wildman–Crippen MR) is 91.6 cm³/mol. The summed E-state index contributed by atoms with van der Waals surface area (Å²) in [5, 5.41) is 7.25. The third-order valence-electron chi connectivity index (χ3n) is 4.20. The third-order valence-corrected chi connectivity index (χ3v) is 4.20. The molecule has 3 aromatic rings. The van der Waals surface area contributed by atoms with Crippen LogP contribution < -0.4 is 10.2 Å². The average molecular weight is 340 g/mol. The van der Waals surface area contributed by atoms with Gasteiger partial charge in [-0.2, -0.15) is 0 Å². The zero-order chi connectivity index (χ0) is 17.4. The Bertz CT molecular complexity index is 923. The number of alkyl halides is 1. The molecule has 1 aliphatic rings. The summed E-state index contributed by atoms with van der Waals surface area (Å²) in [6.07, 6.45) is 2.74. The second-order valence-corrected chi connectivity index (χ2v) is 6.08. The fraction of sp³-hybridized carbons (Fsp3) is 0.294. The highest BCUT2D eigenvalue weighted by molar-refractivity contribution is 6.03. The number of hydrogen-bond donors (Lipinski definition) is 1. The zero-order valence-electron chi connectivity index (χ0n) is 13.7. The first-order valence-electron chi connectivity index (χ1n) is 8.08. The van der Waals surface area contributed by atoms with E-state index in [1.165, 1.54) is 10.7 Å². The molecule has 25 heavy (non-hydrogen) atoms. The Hall–Kier alpha value is -3.03. The molecule has 0 aliphatic carbocycles. The van der Waals surface area contributed by atoms with Crippen LogP contribution in [-0.2, 0) is 0 Å². The van der Waals surface area contributed by atoms with Gasteiger partial charge in [0.05, 0.1) is 24.6 Å². The van der Waals surface area contributed by atoms with Gasteiger partial charge in [-0.3, -0.25) is 9.78 Å². The van der Waals surface area contributed by atoms with Crippen LogP contribution >= 0.6 is 0 Å². The number of carbonyl (C=O) groups is 1. The van der Waals surface area contributed by atoms with Crippen LogP contribution in [0.4, 0.5) is 15.9 Å². The fourth-order valence-electron chi connectivity index (χ4n) is 2.85. The van der Waals surface area contributed by atoms with Gasteiger partial charge < -0.3 is 10.2 Å². The van der Waals surface area contributed by atoms with Crippen LogP contribution in [0.15, 0.2) is 36.7 Å². The van der Waals surface area contributed by atoms with Gasteiger partial charge in [-0.05, 0) is 37.6 Å². The van der Waals surface area contributed by atoms with E-state index in [2.05, 4.69) is 20.4 Å². The van der Waals surface area contributed by atoms with Gasteiger partial charge in [-0.25, -0.2) is 13.9 Å². The van der Waals surface area contributed by atoms with E-state index in [0.717, 1.165) is 5.69 Å². The molecule has 1 saturated heterocycles. The number of fused-ring (bicyclic) bond motifs is 1. The number of imidazole rings is 1.